The van der Waals surface area contributed by atoms with Gasteiger partial charge in [-0.3, -0.25) is 4.79 Å². The summed E-state index contributed by atoms with van der Waals surface area (Å²) in [5, 5.41) is 3.73. The van der Waals surface area contributed by atoms with Gasteiger partial charge in [0.1, 0.15) is 17.5 Å². The van der Waals surface area contributed by atoms with Gasteiger partial charge < -0.3 is 0 Å². The minimum absolute atomic E-state index is 0.00376. The van der Waals surface area contributed by atoms with Crippen LogP contribution >= 0.6 is 11.3 Å². The van der Waals surface area contributed by atoms with E-state index in [1.807, 2.05) is 16.8 Å². The topological polar surface area (TPSA) is 17.1 Å². The van der Waals surface area contributed by atoms with Crippen molar-refractivity contribution in [3.05, 3.63) is 57.5 Å². The number of aryl methyl sites for hydroxylation is 1. The largest absolute Gasteiger partial charge is 0.294 e. The number of Topliss-reactive ketones (excluding diaryl/α,β-unsaturated/α-hetero) is 1. The van der Waals surface area contributed by atoms with E-state index in [-0.39, 0.29) is 6.42 Å². The number of thiophene rings is 1. The van der Waals surface area contributed by atoms with Crippen LogP contribution in [0.5, 0.6) is 0 Å². The summed E-state index contributed by atoms with van der Waals surface area (Å²) in [5.74, 6) is -3.98. The normalized spacial score (nSPS) is 10.6. The van der Waals surface area contributed by atoms with Crippen LogP contribution in [-0.2, 0) is 6.42 Å². The second kappa shape index (κ2) is 5.35. The maximum absolute atomic E-state index is 13.3. The number of halogens is 3. The average Bonchev–Trinajstić information content (AvgIpc) is 2.77. The van der Waals surface area contributed by atoms with Crippen molar-refractivity contribution in [1.82, 2.24) is 0 Å². The molecule has 0 radical (unpaired) electrons. The van der Waals surface area contributed by atoms with E-state index < -0.39 is 28.8 Å². The summed E-state index contributed by atoms with van der Waals surface area (Å²) in [4.78, 5) is 11.7. The lowest BCUT2D eigenvalue weighted by atomic mass is 10.0. The Bertz CT molecular complexity index is 541. The van der Waals surface area contributed by atoms with Crippen molar-refractivity contribution in [3.63, 3.8) is 0 Å². The molecule has 0 saturated carbocycles. The highest BCUT2D eigenvalue weighted by Crippen LogP contribution is 2.18. The van der Waals surface area contributed by atoms with E-state index >= 15 is 0 Å². The van der Waals surface area contributed by atoms with Gasteiger partial charge in [0.2, 0.25) is 0 Å². The molecule has 0 aliphatic rings. The first-order valence-corrected chi connectivity index (χ1v) is 6.21. The molecule has 5 heteroatoms. The van der Waals surface area contributed by atoms with Crippen molar-refractivity contribution in [2.75, 3.05) is 0 Å². The molecule has 0 unspecified atom stereocenters. The zero-order valence-corrected chi connectivity index (χ0v) is 10.1. The number of carbonyl (C=O) groups is 1. The number of ketones is 1. The Morgan fingerprint density at radius 3 is 2.39 bits per heavy atom. The second-order valence-electron chi connectivity index (χ2n) is 3.80. The fraction of sp³-hybridized carbons (Fsp3) is 0.154. The maximum atomic E-state index is 13.3. The van der Waals surface area contributed by atoms with Gasteiger partial charge in [-0.05, 0) is 28.8 Å². The van der Waals surface area contributed by atoms with E-state index in [9.17, 15) is 18.0 Å². The van der Waals surface area contributed by atoms with Crippen LogP contribution in [0.4, 0.5) is 13.2 Å². The molecule has 1 nitrogen and oxygen atoms in total. The molecule has 94 valence electrons. The number of hydrogen-bond donors (Lipinski definition) is 0. The maximum Gasteiger partial charge on any atom is 0.169 e. The first-order valence-electron chi connectivity index (χ1n) is 5.26. The molecule has 0 fully saturated rings. The Hall–Kier alpha value is -1.62. The molecular weight excluding hydrogens is 261 g/mol. The van der Waals surface area contributed by atoms with E-state index in [0.29, 0.717) is 18.6 Å². The lowest BCUT2D eigenvalue weighted by Crippen LogP contribution is -2.07. The molecule has 0 amide bonds. The predicted molar refractivity (Wildman–Crippen MR) is 63.3 cm³/mol. The third-order valence-electron chi connectivity index (χ3n) is 2.51. The predicted octanol–water partition coefficient (Wildman–Crippen LogP) is 3.98. The van der Waals surface area contributed by atoms with Gasteiger partial charge in [-0.2, -0.15) is 11.3 Å². The highest BCUT2D eigenvalue weighted by molar-refractivity contribution is 7.07. The average molecular weight is 270 g/mol. The molecule has 0 atom stereocenters. The Morgan fingerprint density at radius 2 is 1.83 bits per heavy atom. The standard InChI is InChI=1S/C13H9F3OS/c14-9-5-10(15)13(11(16)6-9)12(17)2-1-8-3-4-18-7-8/h3-7H,1-2H2. The van der Waals surface area contributed by atoms with Crippen molar-refractivity contribution in [1.29, 1.82) is 0 Å². The highest BCUT2D eigenvalue weighted by Gasteiger charge is 2.18. The number of benzene rings is 1. The Labute approximate surface area is 106 Å². The van der Waals surface area contributed by atoms with Gasteiger partial charge in [0.05, 0.1) is 5.56 Å². The van der Waals surface area contributed by atoms with Crippen molar-refractivity contribution in [2.45, 2.75) is 12.8 Å². The minimum Gasteiger partial charge on any atom is -0.294 e. The fourth-order valence-corrected chi connectivity index (χ4v) is 2.33. The van der Waals surface area contributed by atoms with E-state index in [0.717, 1.165) is 5.56 Å². The first-order chi connectivity index (χ1) is 8.58. The van der Waals surface area contributed by atoms with E-state index in [4.69, 9.17) is 0 Å². The van der Waals surface area contributed by atoms with Crippen LogP contribution in [0.2, 0.25) is 0 Å². The summed E-state index contributed by atoms with van der Waals surface area (Å²) in [6.45, 7) is 0. The van der Waals surface area contributed by atoms with Gasteiger partial charge in [-0.15, -0.1) is 0 Å². The molecule has 0 saturated heterocycles. The molecule has 0 aliphatic carbocycles. The molecule has 2 aromatic rings. The van der Waals surface area contributed by atoms with Crippen LogP contribution in [0.3, 0.4) is 0 Å². The van der Waals surface area contributed by atoms with Crippen LogP contribution < -0.4 is 0 Å². The molecule has 0 aliphatic heterocycles. The van der Waals surface area contributed by atoms with Crippen LogP contribution in [-0.4, -0.2) is 5.78 Å². The third kappa shape index (κ3) is 2.79. The van der Waals surface area contributed by atoms with Gasteiger partial charge in [-0.25, -0.2) is 13.2 Å². The lowest BCUT2D eigenvalue weighted by molar-refractivity contribution is 0.0974. The van der Waals surface area contributed by atoms with Crippen molar-refractivity contribution >= 4 is 17.1 Å². The molecule has 18 heavy (non-hydrogen) atoms. The van der Waals surface area contributed by atoms with Gasteiger partial charge in [0.15, 0.2) is 5.78 Å². The third-order valence-corrected chi connectivity index (χ3v) is 3.24. The van der Waals surface area contributed by atoms with Crippen LogP contribution in [0.1, 0.15) is 22.3 Å². The summed E-state index contributed by atoms with van der Waals surface area (Å²) >= 11 is 1.49. The summed E-state index contributed by atoms with van der Waals surface area (Å²) < 4.78 is 39.3. The molecular formula is C13H9F3OS. The quantitative estimate of drug-likeness (QED) is 0.768. The molecule has 0 N–H and O–H groups in total. The molecule has 0 spiro atoms. The smallest absolute Gasteiger partial charge is 0.169 e. The number of hydrogen-bond acceptors (Lipinski definition) is 2. The first kappa shape index (κ1) is 12.8. The van der Waals surface area contributed by atoms with Gasteiger partial charge in [0.25, 0.3) is 0 Å². The van der Waals surface area contributed by atoms with Gasteiger partial charge in [-0.1, -0.05) is 0 Å². The Kier molecular flexibility index (Phi) is 3.81. The molecule has 1 aromatic carbocycles. The molecule has 1 aromatic heterocycles. The Morgan fingerprint density at radius 1 is 1.17 bits per heavy atom. The monoisotopic (exact) mass is 270 g/mol. The fourth-order valence-electron chi connectivity index (χ4n) is 1.63. The number of carbonyl (C=O) groups excluding carboxylic acids is 1. The van der Waals surface area contributed by atoms with Crippen LogP contribution in [0, 0.1) is 17.5 Å². The Balaban J connectivity index is 2.14. The van der Waals surface area contributed by atoms with Crippen LogP contribution in [0.25, 0.3) is 0 Å². The lowest BCUT2D eigenvalue weighted by Gasteiger charge is -2.04. The zero-order chi connectivity index (χ0) is 13.1. The minimum atomic E-state index is -1.15. The van der Waals surface area contributed by atoms with E-state index in [1.54, 1.807) is 0 Å². The van der Waals surface area contributed by atoms with Crippen molar-refractivity contribution in [2.24, 2.45) is 0 Å². The highest BCUT2D eigenvalue weighted by atomic mass is 32.1. The van der Waals surface area contributed by atoms with Crippen LogP contribution in [0.15, 0.2) is 29.0 Å². The summed E-state index contributed by atoms with van der Waals surface area (Å²) in [7, 11) is 0. The molecule has 0 bridgehead atoms. The van der Waals surface area contributed by atoms with E-state index in [1.165, 1.54) is 11.3 Å². The summed E-state index contributed by atoms with van der Waals surface area (Å²) in [6.07, 6.45) is 0.412. The molecule has 2 rings (SSSR count). The van der Waals surface area contributed by atoms with Gasteiger partial charge in [0, 0.05) is 18.6 Å². The van der Waals surface area contributed by atoms with Crippen molar-refractivity contribution < 1.29 is 18.0 Å². The number of rotatable bonds is 4. The molecule has 1 heterocycles. The SMILES string of the molecule is O=C(CCc1ccsc1)c1c(F)cc(F)cc1F. The van der Waals surface area contributed by atoms with Gasteiger partial charge >= 0.3 is 0 Å². The summed E-state index contributed by atoms with van der Waals surface area (Å²) in [5.41, 5.74) is 0.280. The summed E-state index contributed by atoms with van der Waals surface area (Å²) in [6, 6.07) is 2.87. The second-order valence-corrected chi connectivity index (χ2v) is 4.58. The van der Waals surface area contributed by atoms with Crippen molar-refractivity contribution in [3.8, 4) is 0 Å². The van der Waals surface area contributed by atoms with E-state index in [2.05, 4.69) is 0 Å². The zero-order valence-electron chi connectivity index (χ0n) is 9.25.